The molecule has 208 valence electrons. The Morgan fingerprint density at radius 1 is 1.15 bits per heavy atom. The Balaban J connectivity index is 0.000000248. The zero-order valence-corrected chi connectivity index (χ0v) is 22.7. The number of halogens is 1. The molecular weight excluding hydrogens is 535 g/mol. The highest BCUT2D eigenvalue weighted by molar-refractivity contribution is 7.86. The van der Waals surface area contributed by atoms with Crippen LogP contribution in [0.2, 0.25) is 0 Å². The first-order valence-electron chi connectivity index (χ1n) is 12.8. The first kappa shape index (κ1) is 27.1. The largest absolute Gasteiger partial charge is 0.342 e. The topological polar surface area (TPSA) is 129 Å². The van der Waals surface area contributed by atoms with Gasteiger partial charge in [0.2, 0.25) is 12.4 Å². The van der Waals surface area contributed by atoms with Crippen LogP contribution in [0.3, 0.4) is 0 Å². The van der Waals surface area contributed by atoms with Crippen LogP contribution in [-0.4, -0.2) is 70.6 Å². The molecule has 2 aliphatic rings. The van der Waals surface area contributed by atoms with E-state index in [1.165, 1.54) is 25.0 Å². The van der Waals surface area contributed by atoms with Crippen LogP contribution in [0.15, 0.2) is 47.5 Å². The fourth-order valence-electron chi connectivity index (χ4n) is 4.37. The van der Waals surface area contributed by atoms with E-state index in [1.807, 2.05) is 22.9 Å². The Labute approximate surface area is 231 Å². The maximum Gasteiger partial charge on any atom is 0.332 e. The minimum Gasteiger partial charge on any atom is -0.342 e. The Kier molecular flexibility index (Phi) is 7.70. The molecular formula is C27H29FN8O3S. The fraction of sp³-hybridized carbons (Fsp3) is 0.333. The van der Waals surface area contributed by atoms with Gasteiger partial charge in [0, 0.05) is 50.1 Å². The number of nitrogens with one attached hydrogen (secondary N) is 2. The Morgan fingerprint density at radius 2 is 1.88 bits per heavy atom. The lowest BCUT2D eigenvalue weighted by molar-refractivity contribution is -0.118. The number of hydrogen-bond donors (Lipinski definition) is 2. The monoisotopic (exact) mass is 564 g/mol. The molecule has 6 rings (SSSR count). The molecule has 4 heterocycles. The van der Waals surface area contributed by atoms with E-state index in [0.29, 0.717) is 50.4 Å². The van der Waals surface area contributed by atoms with Crippen molar-refractivity contribution in [1.82, 2.24) is 29.6 Å². The van der Waals surface area contributed by atoms with Crippen LogP contribution in [-0.2, 0) is 21.6 Å². The lowest BCUT2D eigenvalue weighted by atomic mass is 10.2. The molecule has 0 radical (unpaired) electrons. The van der Waals surface area contributed by atoms with E-state index in [4.69, 9.17) is 16.4 Å². The molecule has 40 heavy (non-hydrogen) atoms. The van der Waals surface area contributed by atoms with E-state index < -0.39 is 10.2 Å². The van der Waals surface area contributed by atoms with Gasteiger partial charge >= 0.3 is 10.2 Å². The predicted molar refractivity (Wildman–Crippen MR) is 150 cm³/mol. The standard InChI is InChI=1S/C20H22N8O.C7H7FO2S/c1-2-6-27-7-5-15-18(21-17-12-16(24-25-17)14-3-4-14)22-20(23-19(15)27)28-10-8-26(13-29)9-11-28;1-6-2-4-7(5-3-6)11(8,9)10/h1,5,7,12-14H,3-4,6,8-11H2,(H2,21,22,23,24,25);2-5H,1H3. The second kappa shape index (κ2) is 11.4. The van der Waals surface area contributed by atoms with Crippen LogP contribution in [0, 0.1) is 19.3 Å². The second-order valence-electron chi connectivity index (χ2n) is 9.74. The summed E-state index contributed by atoms with van der Waals surface area (Å²) in [4.78, 5) is 24.1. The molecule has 4 aromatic rings. The average Bonchev–Trinajstić information content (AvgIpc) is 3.56. The number of benzene rings is 1. The number of piperazine rings is 1. The molecule has 1 aromatic carbocycles. The summed E-state index contributed by atoms with van der Waals surface area (Å²) in [7, 11) is -4.52. The Bertz CT molecular complexity index is 1650. The smallest absolute Gasteiger partial charge is 0.332 e. The summed E-state index contributed by atoms with van der Waals surface area (Å²) in [6.45, 7) is 4.93. The van der Waals surface area contributed by atoms with Gasteiger partial charge in [-0.1, -0.05) is 23.6 Å². The van der Waals surface area contributed by atoms with Crippen LogP contribution in [0.1, 0.15) is 30.0 Å². The number of H-pyrrole nitrogens is 1. The van der Waals surface area contributed by atoms with E-state index in [0.717, 1.165) is 34.5 Å². The normalized spacial score (nSPS) is 15.3. The van der Waals surface area contributed by atoms with Gasteiger partial charge in [0.15, 0.2) is 5.82 Å². The Hall–Kier alpha value is -4.44. The number of fused-ring (bicyclic) bond motifs is 1. The summed E-state index contributed by atoms with van der Waals surface area (Å²) in [5.74, 6) is 5.34. The first-order valence-corrected chi connectivity index (χ1v) is 14.2. The van der Waals surface area contributed by atoms with Crippen molar-refractivity contribution in [1.29, 1.82) is 0 Å². The molecule has 0 unspecified atom stereocenters. The quantitative estimate of drug-likeness (QED) is 0.199. The van der Waals surface area contributed by atoms with Crippen molar-refractivity contribution >= 4 is 45.3 Å². The molecule has 11 nitrogen and oxygen atoms in total. The number of amides is 1. The zero-order chi connectivity index (χ0) is 28.3. The third-order valence-corrected chi connectivity index (χ3v) is 7.61. The minimum absolute atomic E-state index is 0.289. The van der Waals surface area contributed by atoms with E-state index >= 15 is 0 Å². The third kappa shape index (κ3) is 6.23. The third-order valence-electron chi connectivity index (χ3n) is 6.78. The van der Waals surface area contributed by atoms with Crippen LogP contribution >= 0.6 is 0 Å². The van der Waals surface area contributed by atoms with Gasteiger partial charge in [-0.25, -0.2) is 0 Å². The van der Waals surface area contributed by atoms with Gasteiger partial charge in [0.25, 0.3) is 0 Å². The summed E-state index contributed by atoms with van der Waals surface area (Å²) in [5, 5.41) is 11.8. The number of hydrogen-bond acceptors (Lipinski definition) is 8. The maximum absolute atomic E-state index is 12.2. The van der Waals surface area contributed by atoms with Crippen molar-refractivity contribution in [2.45, 2.75) is 37.1 Å². The summed E-state index contributed by atoms with van der Waals surface area (Å²) in [5.41, 5.74) is 2.84. The van der Waals surface area contributed by atoms with Gasteiger partial charge in [0.1, 0.15) is 11.5 Å². The van der Waals surface area contributed by atoms with Crippen molar-refractivity contribution in [3.63, 3.8) is 0 Å². The molecule has 3 aromatic heterocycles. The number of anilines is 3. The number of carbonyl (C=O) groups excluding carboxylic acids is 1. The van der Waals surface area contributed by atoms with Crippen LogP contribution in [0.5, 0.6) is 0 Å². The number of aromatic amines is 1. The van der Waals surface area contributed by atoms with Gasteiger partial charge in [-0.3, -0.25) is 9.89 Å². The summed E-state index contributed by atoms with van der Waals surface area (Å²) in [6, 6.07) is 9.60. The van der Waals surface area contributed by atoms with Crippen LogP contribution in [0.25, 0.3) is 11.0 Å². The van der Waals surface area contributed by atoms with Crippen molar-refractivity contribution in [2.75, 3.05) is 36.4 Å². The second-order valence-corrected chi connectivity index (χ2v) is 11.1. The number of aromatic nitrogens is 5. The highest BCUT2D eigenvalue weighted by Crippen LogP contribution is 2.40. The SMILES string of the molecule is C#CCn1ccc2c(Nc3cc(C4CC4)[nH]n3)nc(N3CCN(C=O)CC3)nc21.Cc1ccc(S(=O)(=O)F)cc1. The molecule has 1 saturated heterocycles. The number of carbonyl (C=O) groups is 1. The fourth-order valence-corrected chi connectivity index (χ4v) is 4.83. The maximum atomic E-state index is 12.2. The number of nitrogens with zero attached hydrogens (tertiary/aromatic N) is 6. The number of rotatable bonds is 7. The van der Waals surface area contributed by atoms with E-state index in [1.54, 1.807) is 24.0 Å². The van der Waals surface area contributed by atoms with E-state index in [2.05, 4.69) is 26.3 Å². The Morgan fingerprint density at radius 3 is 2.50 bits per heavy atom. The molecule has 0 atom stereocenters. The molecule has 1 aliphatic carbocycles. The van der Waals surface area contributed by atoms with Crippen molar-refractivity contribution in [3.8, 4) is 12.3 Å². The lowest BCUT2D eigenvalue weighted by Gasteiger charge is -2.32. The predicted octanol–water partition coefficient (Wildman–Crippen LogP) is 3.34. The molecule has 1 aliphatic heterocycles. The van der Waals surface area contributed by atoms with Gasteiger partial charge in [0.05, 0.1) is 16.8 Å². The molecule has 1 saturated carbocycles. The number of aryl methyl sites for hydroxylation is 1. The molecule has 2 N–H and O–H groups in total. The highest BCUT2D eigenvalue weighted by Gasteiger charge is 2.26. The summed E-state index contributed by atoms with van der Waals surface area (Å²) >= 11 is 0. The average molecular weight is 565 g/mol. The summed E-state index contributed by atoms with van der Waals surface area (Å²) in [6.07, 6.45) is 10.8. The summed E-state index contributed by atoms with van der Waals surface area (Å²) < 4.78 is 34.7. The molecule has 2 fully saturated rings. The van der Waals surface area contributed by atoms with Crippen LogP contribution < -0.4 is 10.2 Å². The van der Waals surface area contributed by atoms with Crippen LogP contribution in [0.4, 0.5) is 21.5 Å². The molecule has 13 heteroatoms. The van der Waals surface area contributed by atoms with Crippen molar-refractivity contribution in [2.24, 2.45) is 0 Å². The lowest BCUT2D eigenvalue weighted by Crippen LogP contribution is -2.46. The van der Waals surface area contributed by atoms with E-state index in [9.17, 15) is 17.1 Å². The zero-order valence-electron chi connectivity index (χ0n) is 21.9. The molecule has 1 amide bonds. The van der Waals surface area contributed by atoms with Gasteiger partial charge < -0.3 is 19.7 Å². The number of terminal acetylenes is 1. The minimum atomic E-state index is -4.52. The highest BCUT2D eigenvalue weighted by atomic mass is 32.3. The van der Waals surface area contributed by atoms with Gasteiger partial charge in [-0.15, -0.1) is 10.3 Å². The van der Waals surface area contributed by atoms with E-state index in [-0.39, 0.29) is 4.90 Å². The first-order chi connectivity index (χ1) is 19.2. The molecule has 0 spiro atoms. The van der Waals surface area contributed by atoms with Crippen molar-refractivity contribution < 1.29 is 17.1 Å². The van der Waals surface area contributed by atoms with Gasteiger partial charge in [-0.2, -0.15) is 23.5 Å². The van der Waals surface area contributed by atoms with Gasteiger partial charge in [-0.05, 0) is 38.0 Å². The van der Waals surface area contributed by atoms with Crippen molar-refractivity contribution in [3.05, 3.63) is 53.9 Å². The molecule has 0 bridgehead atoms.